The van der Waals surface area contributed by atoms with Gasteiger partial charge < -0.3 is 9.84 Å². The van der Waals surface area contributed by atoms with Crippen molar-refractivity contribution in [3.63, 3.8) is 0 Å². The maximum absolute atomic E-state index is 12.7. The predicted molar refractivity (Wildman–Crippen MR) is 83.9 cm³/mol. The molecule has 1 aliphatic carbocycles. The molecule has 1 fully saturated rings. The van der Waals surface area contributed by atoms with E-state index in [2.05, 4.69) is 15.9 Å². The Morgan fingerprint density at radius 2 is 2.10 bits per heavy atom. The molecule has 0 aromatic heterocycles. The van der Waals surface area contributed by atoms with Crippen LogP contribution in [0.4, 0.5) is 0 Å². The topological polar surface area (TPSA) is 66.8 Å². The Kier molecular flexibility index (Phi) is 5.29. The normalized spacial score (nSPS) is 22.1. The Hall–Kier alpha value is -0.630. The lowest BCUT2D eigenvalue weighted by Crippen LogP contribution is -2.39. The number of nitrogens with zero attached hydrogens (tertiary/aromatic N) is 1. The molecular formula is C14H20BrNO4S. The summed E-state index contributed by atoms with van der Waals surface area (Å²) in [5, 5.41) is 9.31. The van der Waals surface area contributed by atoms with E-state index in [0.29, 0.717) is 36.2 Å². The molecule has 0 bridgehead atoms. The van der Waals surface area contributed by atoms with E-state index in [9.17, 15) is 13.5 Å². The van der Waals surface area contributed by atoms with Crippen LogP contribution in [0.15, 0.2) is 27.6 Å². The van der Waals surface area contributed by atoms with E-state index in [1.54, 1.807) is 25.2 Å². The molecule has 0 atom stereocenters. The van der Waals surface area contributed by atoms with Crippen molar-refractivity contribution in [3.8, 4) is 5.75 Å². The van der Waals surface area contributed by atoms with Crippen LogP contribution in [0.2, 0.25) is 0 Å². The molecule has 0 amide bonds. The van der Waals surface area contributed by atoms with Crippen molar-refractivity contribution in [1.82, 2.24) is 4.31 Å². The third-order valence-corrected chi connectivity index (χ3v) is 5.96. The van der Waals surface area contributed by atoms with Crippen molar-refractivity contribution in [2.75, 3.05) is 20.2 Å². The van der Waals surface area contributed by atoms with Crippen molar-refractivity contribution in [1.29, 1.82) is 0 Å². The number of sulfonamides is 1. The molecule has 0 saturated heterocycles. The molecule has 2 rings (SSSR count). The van der Waals surface area contributed by atoms with Crippen molar-refractivity contribution >= 4 is 26.0 Å². The summed E-state index contributed by atoms with van der Waals surface area (Å²) in [5.41, 5.74) is 0. The lowest BCUT2D eigenvalue weighted by molar-refractivity contribution is 0.0367. The van der Waals surface area contributed by atoms with E-state index in [4.69, 9.17) is 4.74 Å². The fourth-order valence-corrected chi connectivity index (χ4v) is 4.35. The second-order valence-corrected chi connectivity index (χ2v) is 8.23. The van der Waals surface area contributed by atoms with Gasteiger partial charge in [0.05, 0.1) is 12.7 Å². The minimum absolute atomic E-state index is 0.168. The Labute approximate surface area is 134 Å². The summed E-state index contributed by atoms with van der Waals surface area (Å²) in [4.78, 5) is 0.168. The van der Waals surface area contributed by atoms with E-state index in [1.807, 2.05) is 6.92 Å². The zero-order chi connectivity index (χ0) is 15.6. The third-order valence-electron chi connectivity index (χ3n) is 3.62. The van der Waals surface area contributed by atoms with E-state index in [0.717, 1.165) is 0 Å². The summed E-state index contributed by atoms with van der Waals surface area (Å²) in [5.74, 6) is 0.587. The largest absolute Gasteiger partial charge is 0.492 e. The van der Waals surface area contributed by atoms with Crippen LogP contribution in [0.3, 0.4) is 0 Å². The average molecular weight is 378 g/mol. The van der Waals surface area contributed by atoms with Crippen LogP contribution < -0.4 is 4.74 Å². The Morgan fingerprint density at radius 3 is 2.67 bits per heavy atom. The Balaban J connectivity index is 2.23. The minimum Gasteiger partial charge on any atom is -0.492 e. The number of aliphatic hydroxyl groups excluding tert-OH is 1. The van der Waals surface area contributed by atoms with Gasteiger partial charge in [-0.05, 0) is 43.9 Å². The molecule has 7 heteroatoms. The first-order valence-corrected chi connectivity index (χ1v) is 9.14. The van der Waals surface area contributed by atoms with Crippen LogP contribution in [-0.2, 0) is 10.0 Å². The predicted octanol–water partition coefficient (Wildman–Crippen LogP) is 2.24. The van der Waals surface area contributed by atoms with Gasteiger partial charge in [0.1, 0.15) is 10.6 Å². The van der Waals surface area contributed by atoms with Crippen LogP contribution >= 0.6 is 15.9 Å². The minimum atomic E-state index is -3.61. The molecule has 21 heavy (non-hydrogen) atoms. The fourth-order valence-electron chi connectivity index (χ4n) is 2.44. The highest BCUT2D eigenvalue weighted by molar-refractivity contribution is 9.10. The van der Waals surface area contributed by atoms with Gasteiger partial charge >= 0.3 is 0 Å². The summed E-state index contributed by atoms with van der Waals surface area (Å²) in [6.07, 6.45) is 1.05. The van der Waals surface area contributed by atoms with Crippen molar-refractivity contribution in [2.24, 2.45) is 5.92 Å². The summed E-state index contributed by atoms with van der Waals surface area (Å²) in [7, 11) is -2.04. The number of halogens is 1. The summed E-state index contributed by atoms with van der Waals surface area (Å²) >= 11 is 3.30. The summed E-state index contributed by atoms with van der Waals surface area (Å²) < 4.78 is 32.9. The number of benzene rings is 1. The van der Waals surface area contributed by atoms with Crippen molar-refractivity contribution in [3.05, 3.63) is 22.7 Å². The van der Waals surface area contributed by atoms with Gasteiger partial charge in [-0.3, -0.25) is 0 Å². The van der Waals surface area contributed by atoms with Gasteiger partial charge in [-0.1, -0.05) is 15.9 Å². The van der Waals surface area contributed by atoms with E-state index in [1.165, 1.54) is 4.31 Å². The summed E-state index contributed by atoms with van der Waals surface area (Å²) in [6, 6.07) is 4.97. The number of aliphatic hydroxyl groups is 1. The zero-order valence-electron chi connectivity index (χ0n) is 12.1. The highest BCUT2D eigenvalue weighted by Crippen LogP contribution is 2.32. The number of rotatable bonds is 6. The van der Waals surface area contributed by atoms with Gasteiger partial charge in [-0.2, -0.15) is 0 Å². The molecule has 1 aliphatic rings. The van der Waals surface area contributed by atoms with Gasteiger partial charge in [0.25, 0.3) is 0 Å². The first-order chi connectivity index (χ1) is 9.84. The molecule has 0 aliphatic heterocycles. The SMILES string of the molecule is CCOc1ccc(Br)cc1S(=O)(=O)N(C)CC1CC(O)C1. The van der Waals surface area contributed by atoms with Crippen LogP contribution in [-0.4, -0.2) is 44.1 Å². The molecule has 1 N–H and O–H groups in total. The molecule has 0 spiro atoms. The zero-order valence-corrected chi connectivity index (χ0v) is 14.5. The number of hydrogen-bond donors (Lipinski definition) is 1. The van der Waals surface area contributed by atoms with Gasteiger partial charge in [-0.25, -0.2) is 12.7 Å². The quantitative estimate of drug-likeness (QED) is 0.825. The third kappa shape index (κ3) is 3.77. The highest BCUT2D eigenvalue weighted by Gasteiger charge is 2.32. The molecule has 0 radical (unpaired) electrons. The average Bonchev–Trinajstić information content (AvgIpc) is 2.39. The van der Waals surface area contributed by atoms with Crippen LogP contribution in [0.1, 0.15) is 19.8 Å². The molecular weight excluding hydrogens is 358 g/mol. The van der Waals surface area contributed by atoms with Crippen LogP contribution in [0, 0.1) is 5.92 Å². The van der Waals surface area contributed by atoms with Gasteiger partial charge in [0.2, 0.25) is 10.0 Å². The Bertz CT molecular complexity index is 599. The van der Waals surface area contributed by atoms with Gasteiger partial charge in [0.15, 0.2) is 0 Å². The first-order valence-electron chi connectivity index (χ1n) is 6.91. The van der Waals surface area contributed by atoms with Gasteiger partial charge in [0, 0.05) is 18.1 Å². The lowest BCUT2D eigenvalue weighted by atomic mass is 9.82. The highest BCUT2D eigenvalue weighted by atomic mass is 79.9. The second-order valence-electron chi connectivity index (χ2n) is 5.30. The molecule has 0 heterocycles. The second kappa shape index (κ2) is 6.64. The standard InChI is InChI=1S/C14H20BrNO4S/c1-3-20-13-5-4-11(15)8-14(13)21(18,19)16(2)9-10-6-12(17)7-10/h4-5,8,10,12,17H,3,6-7,9H2,1-2H3. The van der Waals surface area contributed by atoms with Crippen LogP contribution in [0.25, 0.3) is 0 Å². The van der Waals surface area contributed by atoms with Crippen LogP contribution in [0.5, 0.6) is 5.75 Å². The lowest BCUT2D eigenvalue weighted by Gasteiger charge is -2.34. The van der Waals surface area contributed by atoms with E-state index < -0.39 is 10.0 Å². The number of hydrogen-bond acceptors (Lipinski definition) is 4. The maximum Gasteiger partial charge on any atom is 0.246 e. The Morgan fingerprint density at radius 1 is 1.43 bits per heavy atom. The molecule has 1 aromatic carbocycles. The summed E-state index contributed by atoms with van der Waals surface area (Å²) in [6.45, 7) is 2.64. The van der Waals surface area contributed by atoms with E-state index >= 15 is 0 Å². The molecule has 0 unspecified atom stereocenters. The monoisotopic (exact) mass is 377 g/mol. The fraction of sp³-hybridized carbons (Fsp3) is 0.571. The van der Waals surface area contributed by atoms with Crippen molar-refractivity contribution < 1.29 is 18.3 Å². The van der Waals surface area contributed by atoms with Crippen molar-refractivity contribution in [2.45, 2.75) is 30.8 Å². The molecule has 118 valence electrons. The first kappa shape index (κ1) is 16.7. The van der Waals surface area contributed by atoms with E-state index in [-0.39, 0.29) is 16.9 Å². The van der Waals surface area contributed by atoms with Gasteiger partial charge in [-0.15, -0.1) is 0 Å². The molecule has 5 nitrogen and oxygen atoms in total. The number of ether oxygens (including phenoxy) is 1. The maximum atomic E-state index is 12.7. The molecule has 1 saturated carbocycles. The smallest absolute Gasteiger partial charge is 0.246 e. The molecule has 1 aromatic rings.